The molecule has 2 aromatic carbocycles. The molecule has 1 amide bonds. The summed E-state index contributed by atoms with van der Waals surface area (Å²) >= 11 is 12.9. The van der Waals surface area contributed by atoms with Gasteiger partial charge in [0.25, 0.3) is 0 Å². The molecule has 3 aromatic rings. The van der Waals surface area contributed by atoms with Crippen molar-refractivity contribution < 1.29 is 9.53 Å². The smallest absolute Gasteiger partial charge is 0.250 e. The van der Waals surface area contributed by atoms with Crippen molar-refractivity contribution >= 4 is 51.8 Å². The number of amides is 1. The molecule has 1 heterocycles. The fraction of sp³-hybridized carbons (Fsp3) is 0.0556. The predicted octanol–water partition coefficient (Wildman–Crippen LogP) is 5.17. The Labute approximate surface area is 164 Å². The molecule has 0 radical (unpaired) electrons. The average Bonchev–Trinajstić information content (AvgIpc) is 3.11. The molecular formula is C18H13Cl2N3O2S. The summed E-state index contributed by atoms with van der Waals surface area (Å²) < 4.78 is 9.45. The molecule has 0 aliphatic carbocycles. The topological polar surface area (TPSA) is 64.1 Å². The van der Waals surface area contributed by atoms with Gasteiger partial charge in [0.1, 0.15) is 5.75 Å². The van der Waals surface area contributed by atoms with Crippen LogP contribution in [0.1, 0.15) is 5.56 Å². The van der Waals surface area contributed by atoms with E-state index in [0.717, 1.165) is 22.7 Å². The SMILES string of the molecule is COc1cccc(-c2nsc(NC(=O)/C=C/c3ccc(Cl)c(Cl)c3)n2)c1. The lowest BCUT2D eigenvalue weighted by Crippen LogP contribution is -2.07. The molecule has 5 nitrogen and oxygen atoms in total. The number of ether oxygens (including phenoxy) is 1. The maximum Gasteiger partial charge on any atom is 0.250 e. The molecule has 0 aliphatic rings. The van der Waals surface area contributed by atoms with Crippen molar-refractivity contribution in [3.05, 3.63) is 64.1 Å². The van der Waals surface area contributed by atoms with E-state index in [-0.39, 0.29) is 5.91 Å². The zero-order valence-electron chi connectivity index (χ0n) is 13.6. The number of carbonyl (C=O) groups is 1. The van der Waals surface area contributed by atoms with E-state index in [0.29, 0.717) is 26.8 Å². The zero-order chi connectivity index (χ0) is 18.5. The molecule has 8 heteroatoms. The van der Waals surface area contributed by atoms with Crippen molar-refractivity contribution in [2.45, 2.75) is 0 Å². The van der Waals surface area contributed by atoms with Gasteiger partial charge in [0, 0.05) is 23.2 Å². The number of aromatic nitrogens is 2. The Hall–Kier alpha value is -2.41. The van der Waals surface area contributed by atoms with E-state index in [2.05, 4.69) is 14.7 Å². The van der Waals surface area contributed by atoms with Crippen LogP contribution in [0.25, 0.3) is 17.5 Å². The van der Waals surface area contributed by atoms with Crippen molar-refractivity contribution in [3.8, 4) is 17.1 Å². The zero-order valence-corrected chi connectivity index (χ0v) is 15.9. The number of halogens is 2. The molecule has 132 valence electrons. The van der Waals surface area contributed by atoms with E-state index in [4.69, 9.17) is 27.9 Å². The lowest BCUT2D eigenvalue weighted by Gasteiger charge is -2.00. The summed E-state index contributed by atoms with van der Waals surface area (Å²) in [5.74, 6) is 0.925. The number of hydrogen-bond donors (Lipinski definition) is 1. The summed E-state index contributed by atoms with van der Waals surface area (Å²) in [6.45, 7) is 0. The fourth-order valence-electron chi connectivity index (χ4n) is 2.09. The Balaban J connectivity index is 1.67. The number of benzene rings is 2. The summed E-state index contributed by atoms with van der Waals surface area (Å²) in [5.41, 5.74) is 1.58. The first-order valence-electron chi connectivity index (χ1n) is 7.47. The van der Waals surface area contributed by atoms with Gasteiger partial charge in [0.15, 0.2) is 5.82 Å². The van der Waals surface area contributed by atoms with E-state index >= 15 is 0 Å². The molecule has 3 rings (SSSR count). The summed E-state index contributed by atoms with van der Waals surface area (Å²) in [7, 11) is 1.60. The third-order valence-corrected chi connectivity index (χ3v) is 4.72. The second-order valence-electron chi connectivity index (χ2n) is 5.15. The van der Waals surface area contributed by atoms with E-state index in [1.54, 1.807) is 31.4 Å². The summed E-state index contributed by atoms with van der Waals surface area (Å²) in [6, 6.07) is 12.5. The largest absolute Gasteiger partial charge is 0.497 e. The molecule has 1 N–H and O–H groups in total. The van der Waals surface area contributed by atoms with Gasteiger partial charge in [-0.3, -0.25) is 10.1 Å². The van der Waals surface area contributed by atoms with E-state index < -0.39 is 0 Å². The number of anilines is 1. The van der Waals surface area contributed by atoms with Crippen LogP contribution in [0, 0.1) is 0 Å². The van der Waals surface area contributed by atoms with Gasteiger partial charge in [0.2, 0.25) is 11.0 Å². The molecule has 0 saturated carbocycles. The van der Waals surface area contributed by atoms with Crippen molar-refractivity contribution in [1.82, 2.24) is 9.36 Å². The van der Waals surface area contributed by atoms with Gasteiger partial charge in [-0.05, 0) is 35.9 Å². The van der Waals surface area contributed by atoms with Crippen molar-refractivity contribution in [2.24, 2.45) is 0 Å². The van der Waals surface area contributed by atoms with Crippen LogP contribution in [-0.4, -0.2) is 22.4 Å². The van der Waals surface area contributed by atoms with E-state index in [1.807, 2.05) is 24.3 Å². The first-order valence-corrected chi connectivity index (χ1v) is 9.00. The van der Waals surface area contributed by atoms with Crippen LogP contribution < -0.4 is 10.1 Å². The van der Waals surface area contributed by atoms with E-state index in [1.165, 1.54) is 6.08 Å². The van der Waals surface area contributed by atoms with Crippen molar-refractivity contribution in [1.29, 1.82) is 0 Å². The number of nitrogens with one attached hydrogen (secondary N) is 1. The average molecular weight is 406 g/mol. The highest BCUT2D eigenvalue weighted by atomic mass is 35.5. The number of methoxy groups -OCH3 is 1. The van der Waals surface area contributed by atoms with Gasteiger partial charge in [-0.15, -0.1) is 0 Å². The van der Waals surface area contributed by atoms with Crippen LogP contribution >= 0.6 is 34.7 Å². The van der Waals surface area contributed by atoms with E-state index in [9.17, 15) is 4.79 Å². The fourth-order valence-corrected chi connectivity index (χ4v) is 2.99. The van der Waals surface area contributed by atoms with Crippen LogP contribution in [0.15, 0.2) is 48.5 Å². The Kier molecular flexibility index (Phi) is 5.88. The van der Waals surface area contributed by atoms with Gasteiger partial charge >= 0.3 is 0 Å². The highest BCUT2D eigenvalue weighted by Gasteiger charge is 2.09. The van der Waals surface area contributed by atoms with Crippen molar-refractivity contribution in [3.63, 3.8) is 0 Å². The molecule has 0 unspecified atom stereocenters. The second kappa shape index (κ2) is 8.31. The van der Waals surface area contributed by atoms with Gasteiger partial charge in [-0.25, -0.2) is 0 Å². The number of nitrogens with zero attached hydrogens (tertiary/aromatic N) is 2. The standard InChI is InChI=1S/C18H13Cl2N3O2S/c1-25-13-4-2-3-12(10-13)17-22-18(26-23-17)21-16(24)8-6-11-5-7-14(19)15(20)9-11/h2-10H,1H3,(H,21,22,23,24)/b8-6+. The maximum absolute atomic E-state index is 12.0. The molecule has 0 spiro atoms. The molecule has 0 saturated heterocycles. The van der Waals surface area contributed by atoms with Crippen LogP contribution in [0.4, 0.5) is 5.13 Å². The van der Waals surface area contributed by atoms with Gasteiger partial charge in [-0.1, -0.05) is 41.4 Å². The monoisotopic (exact) mass is 405 g/mol. The lowest BCUT2D eigenvalue weighted by atomic mass is 10.2. The first-order chi connectivity index (χ1) is 12.5. The third kappa shape index (κ3) is 4.60. The molecule has 1 aromatic heterocycles. The molecule has 0 aliphatic heterocycles. The minimum atomic E-state index is -0.315. The highest BCUT2D eigenvalue weighted by Crippen LogP contribution is 2.25. The summed E-state index contributed by atoms with van der Waals surface area (Å²) in [4.78, 5) is 16.4. The summed E-state index contributed by atoms with van der Waals surface area (Å²) in [5, 5.41) is 3.99. The summed E-state index contributed by atoms with van der Waals surface area (Å²) in [6.07, 6.45) is 3.04. The molecule has 26 heavy (non-hydrogen) atoms. The highest BCUT2D eigenvalue weighted by molar-refractivity contribution is 7.10. The number of hydrogen-bond acceptors (Lipinski definition) is 5. The van der Waals surface area contributed by atoms with Crippen LogP contribution in [0.5, 0.6) is 5.75 Å². The Morgan fingerprint density at radius 3 is 2.81 bits per heavy atom. The number of carbonyl (C=O) groups excluding carboxylic acids is 1. The Bertz CT molecular complexity index is 973. The first kappa shape index (κ1) is 18.4. The number of rotatable bonds is 5. The molecule has 0 atom stereocenters. The van der Waals surface area contributed by atoms with Crippen LogP contribution in [0.3, 0.4) is 0 Å². The predicted molar refractivity (Wildman–Crippen MR) is 106 cm³/mol. The molecule has 0 fully saturated rings. The quantitative estimate of drug-likeness (QED) is 0.594. The van der Waals surface area contributed by atoms with Crippen molar-refractivity contribution in [2.75, 3.05) is 12.4 Å². The van der Waals surface area contributed by atoms with Gasteiger partial charge in [-0.2, -0.15) is 9.36 Å². The molecule has 0 bridgehead atoms. The Morgan fingerprint density at radius 2 is 2.04 bits per heavy atom. The van der Waals surface area contributed by atoms with Gasteiger partial charge < -0.3 is 4.74 Å². The minimum Gasteiger partial charge on any atom is -0.497 e. The maximum atomic E-state index is 12.0. The van der Waals surface area contributed by atoms with Gasteiger partial charge in [0.05, 0.1) is 17.2 Å². The van der Waals surface area contributed by atoms with Crippen LogP contribution in [0.2, 0.25) is 10.0 Å². The lowest BCUT2D eigenvalue weighted by molar-refractivity contribution is -0.111. The van der Waals surface area contributed by atoms with Crippen LogP contribution in [-0.2, 0) is 4.79 Å². The second-order valence-corrected chi connectivity index (χ2v) is 6.72. The normalized spacial score (nSPS) is 10.9. The minimum absolute atomic E-state index is 0.315. The molecular weight excluding hydrogens is 393 g/mol. The third-order valence-electron chi connectivity index (χ3n) is 3.35. The Morgan fingerprint density at radius 1 is 1.19 bits per heavy atom.